The molecule has 1 saturated heterocycles. The molecule has 6 heteroatoms. The number of hydrogen-bond donors (Lipinski definition) is 0. The fraction of sp³-hybridized carbons (Fsp3) is 0.462. The van der Waals surface area contributed by atoms with Crippen LogP contribution < -0.4 is 0 Å². The second-order valence-corrected chi connectivity index (χ2v) is 5.56. The zero-order valence-electron chi connectivity index (χ0n) is 10.4. The largest absolute Gasteiger partial charge is 0.283 e. The SMILES string of the molecule is N#CC1CCCCN1Cc1ccc(Br)cc1[N+](=O)[O-]. The number of nitro groups is 1. The van der Waals surface area contributed by atoms with Gasteiger partial charge in [-0.3, -0.25) is 15.0 Å². The van der Waals surface area contributed by atoms with Crippen molar-refractivity contribution in [3.05, 3.63) is 38.3 Å². The molecule has 0 aliphatic carbocycles. The highest BCUT2D eigenvalue weighted by atomic mass is 79.9. The Bertz CT molecular complexity index is 527. The predicted molar refractivity (Wildman–Crippen MR) is 74.5 cm³/mol. The van der Waals surface area contributed by atoms with Crippen LogP contribution in [0.2, 0.25) is 0 Å². The molecule has 1 heterocycles. The Hall–Kier alpha value is -1.45. The maximum Gasteiger partial charge on any atom is 0.275 e. The highest BCUT2D eigenvalue weighted by Crippen LogP contribution is 2.27. The zero-order valence-corrected chi connectivity index (χ0v) is 12.0. The summed E-state index contributed by atoms with van der Waals surface area (Å²) in [6.07, 6.45) is 2.94. The van der Waals surface area contributed by atoms with Crippen LogP contribution in [0.4, 0.5) is 5.69 Å². The predicted octanol–water partition coefficient (Wildman–Crippen LogP) is 3.24. The van der Waals surface area contributed by atoms with Crippen molar-refractivity contribution in [3.8, 4) is 6.07 Å². The first kappa shape index (κ1) is 14.0. The molecule has 0 aromatic heterocycles. The number of benzene rings is 1. The van der Waals surface area contributed by atoms with Crippen molar-refractivity contribution in [1.29, 1.82) is 5.26 Å². The standard InChI is InChI=1S/C13H14BrN3O2/c14-11-5-4-10(13(7-11)17(18)19)9-16-6-2-1-3-12(16)8-15/h4-5,7,12H,1-3,6,9H2. The van der Waals surface area contributed by atoms with Crippen LogP contribution >= 0.6 is 15.9 Å². The molecule has 0 N–H and O–H groups in total. The Morgan fingerprint density at radius 2 is 2.32 bits per heavy atom. The lowest BCUT2D eigenvalue weighted by atomic mass is 10.0. The Balaban J connectivity index is 2.23. The van der Waals surface area contributed by atoms with E-state index < -0.39 is 0 Å². The van der Waals surface area contributed by atoms with Crippen molar-refractivity contribution >= 4 is 21.6 Å². The molecule has 100 valence electrons. The summed E-state index contributed by atoms with van der Waals surface area (Å²) in [5.74, 6) is 0. The molecule has 1 unspecified atom stereocenters. The molecular weight excluding hydrogens is 310 g/mol. The maximum atomic E-state index is 11.1. The van der Waals surface area contributed by atoms with Crippen LogP contribution in [0.15, 0.2) is 22.7 Å². The highest BCUT2D eigenvalue weighted by Gasteiger charge is 2.24. The van der Waals surface area contributed by atoms with E-state index in [1.54, 1.807) is 12.1 Å². The quantitative estimate of drug-likeness (QED) is 0.632. The summed E-state index contributed by atoms with van der Waals surface area (Å²) in [7, 11) is 0. The van der Waals surface area contributed by atoms with Gasteiger partial charge in [0.1, 0.15) is 0 Å². The lowest BCUT2D eigenvalue weighted by Gasteiger charge is -2.31. The van der Waals surface area contributed by atoms with E-state index >= 15 is 0 Å². The first-order valence-corrected chi connectivity index (χ1v) is 6.97. The summed E-state index contributed by atoms with van der Waals surface area (Å²) in [5.41, 5.74) is 0.770. The van der Waals surface area contributed by atoms with E-state index in [1.165, 1.54) is 6.07 Å². The Morgan fingerprint density at radius 1 is 1.53 bits per heavy atom. The number of nitro benzene ring substituents is 1. The Morgan fingerprint density at radius 3 is 3.00 bits per heavy atom. The summed E-state index contributed by atoms with van der Waals surface area (Å²) in [4.78, 5) is 12.7. The second kappa shape index (κ2) is 6.13. The summed E-state index contributed by atoms with van der Waals surface area (Å²) < 4.78 is 0.693. The van der Waals surface area contributed by atoms with Crippen molar-refractivity contribution in [2.75, 3.05) is 6.54 Å². The third-order valence-corrected chi connectivity index (χ3v) is 3.87. The van der Waals surface area contributed by atoms with Gasteiger partial charge in [-0.1, -0.05) is 15.9 Å². The van der Waals surface area contributed by atoms with Crippen LogP contribution in [0.3, 0.4) is 0 Å². The van der Waals surface area contributed by atoms with E-state index in [-0.39, 0.29) is 16.7 Å². The summed E-state index contributed by atoms with van der Waals surface area (Å²) in [5, 5.41) is 20.2. The molecule has 5 nitrogen and oxygen atoms in total. The summed E-state index contributed by atoms with van der Waals surface area (Å²) >= 11 is 3.24. The minimum absolute atomic E-state index is 0.108. The average molecular weight is 324 g/mol. The molecule has 1 aromatic carbocycles. The van der Waals surface area contributed by atoms with Crippen molar-refractivity contribution < 1.29 is 4.92 Å². The monoisotopic (exact) mass is 323 g/mol. The number of piperidine rings is 1. The number of halogens is 1. The van der Waals surface area contributed by atoms with Gasteiger partial charge in [0.25, 0.3) is 5.69 Å². The van der Waals surface area contributed by atoms with Crippen LogP contribution in [0, 0.1) is 21.4 Å². The van der Waals surface area contributed by atoms with Crippen LogP contribution in [0.5, 0.6) is 0 Å². The highest BCUT2D eigenvalue weighted by molar-refractivity contribution is 9.10. The fourth-order valence-electron chi connectivity index (χ4n) is 2.39. The number of nitriles is 1. The number of likely N-dealkylation sites (tertiary alicyclic amines) is 1. The number of hydrogen-bond acceptors (Lipinski definition) is 4. The van der Waals surface area contributed by atoms with Crippen LogP contribution in [0.1, 0.15) is 24.8 Å². The molecule has 0 saturated carbocycles. The summed E-state index contributed by atoms with van der Waals surface area (Å²) in [6, 6.07) is 7.22. The Kier molecular flexibility index (Phi) is 4.51. The Labute approximate surface area is 120 Å². The van der Waals surface area contributed by atoms with Gasteiger partial charge in [0.15, 0.2) is 0 Å². The third-order valence-electron chi connectivity index (χ3n) is 3.38. The van der Waals surface area contributed by atoms with Crippen molar-refractivity contribution in [1.82, 2.24) is 4.90 Å². The minimum atomic E-state index is -0.370. The normalized spacial score (nSPS) is 19.9. The van der Waals surface area contributed by atoms with E-state index in [4.69, 9.17) is 5.26 Å². The van der Waals surface area contributed by atoms with Gasteiger partial charge in [0, 0.05) is 22.6 Å². The van der Waals surface area contributed by atoms with Gasteiger partial charge in [-0.25, -0.2) is 0 Å². The summed E-state index contributed by atoms with van der Waals surface area (Å²) in [6.45, 7) is 1.28. The number of nitrogens with zero attached hydrogens (tertiary/aromatic N) is 3. The van der Waals surface area contributed by atoms with E-state index in [0.717, 1.165) is 25.8 Å². The minimum Gasteiger partial charge on any atom is -0.283 e. The molecule has 1 aromatic rings. The molecule has 0 radical (unpaired) electrons. The van der Waals surface area contributed by atoms with Gasteiger partial charge in [-0.05, 0) is 37.9 Å². The van der Waals surface area contributed by atoms with Gasteiger partial charge < -0.3 is 0 Å². The van der Waals surface area contributed by atoms with Gasteiger partial charge >= 0.3 is 0 Å². The lowest BCUT2D eigenvalue weighted by Crippen LogP contribution is -2.38. The van der Waals surface area contributed by atoms with Gasteiger partial charge in [0.2, 0.25) is 0 Å². The van der Waals surface area contributed by atoms with E-state index in [0.29, 0.717) is 16.6 Å². The number of rotatable bonds is 3. The first-order chi connectivity index (χ1) is 9.11. The smallest absolute Gasteiger partial charge is 0.275 e. The van der Waals surface area contributed by atoms with Crippen LogP contribution in [0.25, 0.3) is 0 Å². The van der Waals surface area contributed by atoms with Crippen LogP contribution in [-0.2, 0) is 6.54 Å². The molecule has 1 fully saturated rings. The average Bonchev–Trinajstić information content (AvgIpc) is 2.41. The third kappa shape index (κ3) is 3.31. The zero-order chi connectivity index (χ0) is 13.8. The molecule has 0 amide bonds. The lowest BCUT2D eigenvalue weighted by molar-refractivity contribution is -0.385. The molecule has 1 aliphatic heterocycles. The molecule has 2 rings (SSSR count). The maximum absolute atomic E-state index is 11.1. The second-order valence-electron chi connectivity index (χ2n) is 4.64. The molecule has 0 spiro atoms. The van der Waals surface area contributed by atoms with Gasteiger partial charge in [0.05, 0.1) is 17.0 Å². The molecule has 1 aliphatic rings. The fourth-order valence-corrected chi connectivity index (χ4v) is 2.73. The van der Waals surface area contributed by atoms with Crippen molar-refractivity contribution in [3.63, 3.8) is 0 Å². The molecule has 19 heavy (non-hydrogen) atoms. The van der Waals surface area contributed by atoms with E-state index in [1.807, 2.05) is 4.90 Å². The van der Waals surface area contributed by atoms with Crippen molar-refractivity contribution in [2.45, 2.75) is 31.8 Å². The van der Waals surface area contributed by atoms with E-state index in [2.05, 4.69) is 22.0 Å². The van der Waals surface area contributed by atoms with Gasteiger partial charge in [-0.2, -0.15) is 5.26 Å². The first-order valence-electron chi connectivity index (χ1n) is 6.18. The van der Waals surface area contributed by atoms with Crippen LogP contribution in [-0.4, -0.2) is 22.4 Å². The van der Waals surface area contributed by atoms with Gasteiger partial charge in [-0.15, -0.1) is 0 Å². The molecule has 1 atom stereocenters. The molecular formula is C13H14BrN3O2. The van der Waals surface area contributed by atoms with E-state index in [9.17, 15) is 10.1 Å². The molecule has 0 bridgehead atoms. The van der Waals surface area contributed by atoms with Crippen molar-refractivity contribution in [2.24, 2.45) is 0 Å². The topological polar surface area (TPSA) is 70.2 Å².